The maximum atomic E-state index is 15.2. The van der Waals surface area contributed by atoms with Crippen LogP contribution < -0.4 is 4.74 Å². The highest BCUT2D eigenvalue weighted by Gasteiger charge is 2.37. The lowest BCUT2D eigenvalue weighted by atomic mass is 9.85. The maximum Gasteiger partial charge on any atom is 0.171 e. The second kappa shape index (κ2) is 8.35. The average Bonchev–Trinajstić information content (AvgIpc) is 3.20. The predicted molar refractivity (Wildman–Crippen MR) is 108 cm³/mol. The van der Waals surface area contributed by atoms with Crippen LogP contribution in [0.5, 0.6) is 5.75 Å². The highest BCUT2D eigenvalue weighted by Crippen LogP contribution is 2.39. The molecule has 0 amide bonds. The van der Waals surface area contributed by atoms with Crippen molar-refractivity contribution in [2.45, 2.75) is 32.0 Å². The van der Waals surface area contributed by atoms with E-state index in [1.165, 1.54) is 0 Å². The van der Waals surface area contributed by atoms with Crippen LogP contribution in [0.3, 0.4) is 0 Å². The van der Waals surface area contributed by atoms with Gasteiger partial charge in [-0.3, -0.25) is 0 Å². The number of benzene rings is 2. The number of ether oxygens (including phenoxy) is 3. The van der Waals surface area contributed by atoms with E-state index in [9.17, 15) is 0 Å². The van der Waals surface area contributed by atoms with E-state index in [1.54, 1.807) is 25.4 Å². The second-order valence-electron chi connectivity index (χ2n) is 7.23. The van der Waals surface area contributed by atoms with E-state index in [4.69, 9.17) is 14.2 Å². The zero-order chi connectivity index (χ0) is 20.3. The summed E-state index contributed by atoms with van der Waals surface area (Å²) in [6.07, 6.45) is 4.94. The van der Waals surface area contributed by atoms with E-state index in [0.717, 1.165) is 17.1 Å². The Hall–Kier alpha value is -2.70. The molecule has 29 heavy (non-hydrogen) atoms. The molecule has 0 radical (unpaired) electrons. The van der Waals surface area contributed by atoms with Gasteiger partial charge in [0.2, 0.25) is 0 Å². The highest BCUT2D eigenvalue weighted by atomic mass is 19.1. The predicted octanol–water partition coefficient (Wildman–Crippen LogP) is 4.55. The van der Waals surface area contributed by atoms with Gasteiger partial charge in [0.15, 0.2) is 11.6 Å². The number of methoxy groups -OCH3 is 1. The van der Waals surface area contributed by atoms with Crippen LogP contribution in [0.1, 0.15) is 29.8 Å². The van der Waals surface area contributed by atoms with E-state index in [2.05, 4.69) is 4.98 Å². The number of rotatable bonds is 6. The van der Waals surface area contributed by atoms with E-state index in [0.29, 0.717) is 31.6 Å². The Morgan fingerprint density at radius 1 is 1.14 bits per heavy atom. The molecule has 0 saturated carbocycles. The fraction of sp³-hybridized carbons (Fsp3) is 0.348. The van der Waals surface area contributed by atoms with Crippen LogP contribution in [-0.4, -0.2) is 29.9 Å². The van der Waals surface area contributed by atoms with Gasteiger partial charge in [0.05, 0.1) is 0 Å². The third kappa shape index (κ3) is 3.91. The van der Waals surface area contributed by atoms with Gasteiger partial charge >= 0.3 is 0 Å². The number of halogens is 1. The van der Waals surface area contributed by atoms with E-state index in [1.807, 2.05) is 48.0 Å². The van der Waals surface area contributed by atoms with Gasteiger partial charge < -0.3 is 18.8 Å². The molecule has 2 heterocycles. The maximum absolute atomic E-state index is 15.2. The normalized spacial score (nSPS) is 16.0. The van der Waals surface area contributed by atoms with Gasteiger partial charge in [-0.15, -0.1) is 0 Å². The van der Waals surface area contributed by atoms with Crippen LogP contribution in [0.15, 0.2) is 54.9 Å². The Labute approximate surface area is 170 Å². The summed E-state index contributed by atoms with van der Waals surface area (Å²) < 4.78 is 34.2. The Bertz CT molecular complexity index is 963. The van der Waals surface area contributed by atoms with Crippen LogP contribution >= 0.6 is 0 Å². The van der Waals surface area contributed by atoms with Crippen molar-refractivity contribution in [3.05, 3.63) is 77.6 Å². The molecular weight excluding hydrogens is 371 g/mol. The SMILES string of the molecule is COC1(c2cccc(OCc3ccc(-n4ccnc4C)cc3)c2F)CCOCC1. The first kappa shape index (κ1) is 19.6. The molecule has 0 spiro atoms. The van der Waals surface area contributed by atoms with Gasteiger partial charge in [-0.1, -0.05) is 24.3 Å². The molecule has 1 aromatic heterocycles. The molecule has 1 aliphatic rings. The fourth-order valence-corrected chi connectivity index (χ4v) is 3.82. The van der Waals surface area contributed by atoms with E-state index in [-0.39, 0.29) is 18.2 Å². The van der Waals surface area contributed by atoms with Crippen molar-refractivity contribution in [1.82, 2.24) is 9.55 Å². The highest BCUT2D eigenvalue weighted by molar-refractivity contribution is 5.37. The minimum atomic E-state index is -0.661. The molecule has 0 unspecified atom stereocenters. The molecule has 0 N–H and O–H groups in total. The molecule has 6 heteroatoms. The molecular formula is C23H25FN2O3. The van der Waals surface area contributed by atoms with Crippen molar-refractivity contribution in [1.29, 1.82) is 0 Å². The summed E-state index contributed by atoms with van der Waals surface area (Å²) in [5.41, 5.74) is 1.86. The van der Waals surface area contributed by atoms with Gasteiger partial charge in [-0.05, 0) is 30.7 Å². The molecule has 4 rings (SSSR count). The van der Waals surface area contributed by atoms with E-state index < -0.39 is 5.60 Å². The van der Waals surface area contributed by atoms with Crippen molar-refractivity contribution in [2.75, 3.05) is 20.3 Å². The Balaban J connectivity index is 1.50. The van der Waals surface area contributed by atoms with Crippen LogP contribution in [0, 0.1) is 12.7 Å². The second-order valence-corrected chi connectivity index (χ2v) is 7.23. The minimum Gasteiger partial charge on any atom is -0.486 e. The van der Waals surface area contributed by atoms with Crippen molar-refractivity contribution < 1.29 is 18.6 Å². The number of hydrogen-bond donors (Lipinski definition) is 0. The lowest BCUT2D eigenvalue weighted by molar-refractivity contribution is -0.0967. The molecule has 0 bridgehead atoms. The lowest BCUT2D eigenvalue weighted by Crippen LogP contribution is -2.36. The Morgan fingerprint density at radius 3 is 2.55 bits per heavy atom. The summed E-state index contributed by atoms with van der Waals surface area (Å²) in [7, 11) is 1.63. The molecule has 1 fully saturated rings. The average molecular weight is 396 g/mol. The van der Waals surface area contributed by atoms with Gasteiger partial charge in [-0.25, -0.2) is 9.37 Å². The zero-order valence-electron chi connectivity index (χ0n) is 16.7. The summed E-state index contributed by atoms with van der Waals surface area (Å²) in [5.74, 6) is 0.801. The summed E-state index contributed by atoms with van der Waals surface area (Å²) in [5, 5.41) is 0. The molecule has 3 aromatic rings. The molecule has 1 aliphatic heterocycles. The van der Waals surface area contributed by atoms with Crippen molar-refractivity contribution in [3.63, 3.8) is 0 Å². The van der Waals surface area contributed by atoms with Crippen molar-refractivity contribution >= 4 is 0 Å². The van der Waals surface area contributed by atoms with Crippen LogP contribution in [-0.2, 0) is 21.7 Å². The topological polar surface area (TPSA) is 45.5 Å². The zero-order valence-corrected chi connectivity index (χ0v) is 16.7. The lowest BCUT2D eigenvalue weighted by Gasteiger charge is -2.36. The van der Waals surface area contributed by atoms with Crippen molar-refractivity contribution in [3.8, 4) is 11.4 Å². The third-order valence-electron chi connectivity index (χ3n) is 5.58. The van der Waals surface area contributed by atoms with Crippen LogP contribution in [0.4, 0.5) is 4.39 Å². The number of imidazole rings is 1. The fourth-order valence-electron chi connectivity index (χ4n) is 3.82. The Morgan fingerprint density at radius 2 is 1.90 bits per heavy atom. The standard InChI is InChI=1S/C23H25FN2O3/c1-17-25-12-13-26(17)19-8-6-18(7-9-19)16-29-21-5-3-4-20(22(21)24)23(27-2)10-14-28-15-11-23/h3-9,12-13H,10-11,14-16H2,1-2H3. The van der Waals surface area contributed by atoms with Gasteiger partial charge in [0.1, 0.15) is 18.0 Å². The summed E-state index contributed by atoms with van der Waals surface area (Å²) in [6.45, 7) is 3.35. The first-order valence-corrected chi connectivity index (χ1v) is 9.77. The quantitative estimate of drug-likeness (QED) is 0.613. The van der Waals surface area contributed by atoms with E-state index >= 15 is 4.39 Å². The molecule has 1 saturated heterocycles. The molecule has 2 aromatic carbocycles. The third-order valence-corrected chi connectivity index (χ3v) is 5.58. The van der Waals surface area contributed by atoms with Crippen molar-refractivity contribution in [2.24, 2.45) is 0 Å². The number of aromatic nitrogens is 2. The first-order chi connectivity index (χ1) is 14.1. The molecule has 5 nitrogen and oxygen atoms in total. The first-order valence-electron chi connectivity index (χ1n) is 9.77. The van der Waals surface area contributed by atoms with Gasteiger partial charge in [-0.2, -0.15) is 0 Å². The smallest absolute Gasteiger partial charge is 0.171 e. The Kier molecular flexibility index (Phi) is 5.65. The largest absolute Gasteiger partial charge is 0.486 e. The minimum absolute atomic E-state index is 0.236. The number of hydrogen-bond acceptors (Lipinski definition) is 4. The molecule has 152 valence electrons. The summed E-state index contributed by atoms with van der Waals surface area (Å²) in [6, 6.07) is 13.2. The number of nitrogens with zero attached hydrogens (tertiary/aromatic N) is 2. The summed E-state index contributed by atoms with van der Waals surface area (Å²) >= 11 is 0. The van der Waals surface area contributed by atoms with Gasteiger partial charge in [0, 0.05) is 56.8 Å². The monoisotopic (exact) mass is 396 g/mol. The number of aryl methyl sites for hydroxylation is 1. The van der Waals surface area contributed by atoms with Gasteiger partial charge in [0.25, 0.3) is 0 Å². The van der Waals surface area contributed by atoms with Crippen LogP contribution in [0.25, 0.3) is 5.69 Å². The molecule has 0 atom stereocenters. The van der Waals surface area contributed by atoms with Crippen LogP contribution in [0.2, 0.25) is 0 Å². The molecule has 0 aliphatic carbocycles. The summed E-state index contributed by atoms with van der Waals surface area (Å²) in [4.78, 5) is 4.24.